The summed E-state index contributed by atoms with van der Waals surface area (Å²) in [4.78, 5) is 71.9. The molecule has 0 heterocycles. The van der Waals surface area contributed by atoms with Gasteiger partial charge in [0.05, 0.1) is 26.4 Å². The summed E-state index contributed by atoms with van der Waals surface area (Å²) < 4.78 is 67.7. The van der Waals surface area contributed by atoms with Crippen LogP contribution in [0.15, 0.2) is 0 Å². The van der Waals surface area contributed by atoms with Gasteiger partial charge < -0.3 is 33.8 Å². The highest BCUT2D eigenvalue weighted by atomic mass is 31.2. The smallest absolute Gasteiger partial charge is 0.462 e. The predicted octanol–water partition coefficient (Wildman–Crippen LogP) is 15.8. The first-order valence-corrected chi connectivity index (χ1v) is 34.2. The minimum absolute atomic E-state index is 0.101. The number of aliphatic hydroxyl groups is 1. The van der Waals surface area contributed by atoms with Gasteiger partial charge in [-0.15, -0.1) is 0 Å². The zero-order chi connectivity index (χ0) is 59.0. The van der Waals surface area contributed by atoms with Crippen molar-refractivity contribution in [3.8, 4) is 0 Å². The van der Waals surface area contributed by atoms with Gasteiger partial charge in [0.1, 0.15) is 19.3 Å². The second-order valence-electron chi connectivity index (χ2n) is 23.6. The van der Waals surface area contributed by atoms with Crippen LogP contribution in [0.2, 0.25) is 0 Å². The molecule has 0 saturated heterocycles. The first-order chi connectivity index (χ1) is 37.6. The molecule has 468 valence electrons. The molecule has 17 nitrogen and oxygen atoms in total. The summed E-state index contributed by atoms with van der Waals surface area (Å²) in [6.45, 7) is 13.8. The van der Waals surface area contributed by atoms with Gasteiger partial charge in [-0.25, -0.2) is 9.13 Å². The van der Waals surface area contributed by atoms with Crippen LogP contribution < -0.4 is 0 Å². The van der Waals surface area contributed by atoms with Crippen LogP contribution in [0.3, 0.4) is 0 Å². The van der Waals surface area contributed by atoms with Gasteiger partial charge in [-0.3, -0.25) is 37.3 Å². The molecular formula is C60H116O17P2. The number of unbranched alkanes of at least 4 members (excludes halogenated alkanes) is 23. The minimum Gasteiger partial charge on any atom is -0.462 e. The number of hydrogen-bond donors (Lipinski definition) is 3. The number of carbonyl (C=O) groups is 4. The summed E-state index contributed by atoms with van der Waals surface area (Å²) in [6.07, 6.45) is 28.4. The number of ether oxygens (including phenoxy) is 4. The Morgan fingerprint density at radius 3 is 0.785 bits per heavy atom. The third kappa shape index (κ3) is 55.0. The van der Waals surface area contributed by atoms with E-state index in [0.29, 0.717) is 49.4 Å². The Hall–Kier alpha value is -1.94. The van der Waals surface area contributed by atoms with Gasteiger partial charge >= 0.3 is 39.5 Å². The van der Waals surface area contributed by atoms with Gasteiger partial charge in [-0.1, -0.05) is 229 Å². The van der Waals surface area contributed by atoms with E-state index in [1.54, 1.807) is 0 Å². The maximum Gasteiger partial charge on any atom is 0.472 e. The Morgan fingerprint density at radius 1 is 0.316 bits per heavy atom. The maximum atomic E-state index is 12.9. The van der Waals surface area contributed by atoms with Crippen molar-refractivity contribution < 1.29 is 80.2 Å². The van der Waals surface area contributed by atoms with E-state index in [1.807, 2.05) is 0 Å². The summed E-state index contributed by atoms with van der Waals surface area (Å²) in [5.41, 5.74) is 0. The summed E-state index contributed by atoms with van der Waals surface area (Å²) in [6, 6.07) is 0. The molecule has 0 rings (SSSR count). The van der Waals surface area contributed by atoms with E-state index in [2.05, 4.69) is 55.4 Å². The molecule has 0 saturated carbocycles. The van der Waals surface area contributed by atoms with Crippen molar-refractivity contribution in [2.45, 2.75) is 298 Å². The Labute approximate surface area is 479 Å². The molecule has 0 fully saturated rings. The summed E-state index contributed by atoms with van der Waals surface area (Å²) >= 11 is 0. The van der Waals surface area contributed by atoms with Crippen LogP contribution in [0.4, 0.5) is 0 Å². The van der Waals surface area contributed by atoms with Crippen molar-refractivity contribution in [2.75, 3.05) is 39.6 Å². The van der Waals surface area contributed by atoms with Gasteiger partial charge in [0.2, 0.25) is 0 Å². The maximum absolute atomic E-state index is 12.9. The zero-order valence-corrected chi connectivity index (χ0v) is 52.8. The molecule has 0 aromatic carbocycles. The van der Waals surface area contributed by atoms with Crippen LogP contribution in [-0.2, 0) is 65.4 Å². The fourth-order valence-corrected chi connectivity index (χ4v) is 10.3. The van der Waals surface area contributed by atoms with Crippen molar-refractivity contribution in [3.63, 3.8) is 0 Å². The van der Waals surface area contributed by atoms with Gasteiger partial charge in [-0.05, 0) is 49.4 Å². The number of aliphatic hydroxyl groups excluding tert-OH is 1. The van der Waals surface area contributed by atoms with E-state index >= 15 is 0 Å². The lowest BCUT2D eigenvalue weighted by Crippen LogP contribution is -2.30. The number of rotatable bonds is 57. The van der Waals surface area contributed by atoms with E-state index in [9.17, 15) is 43.2 Å². The molecule has 3 unspecified atom stereocenters. The van der Waals surface area contributed by atoms with Crippen molar-refractivity contribution >= 4 is 39.5 Å². The highest BCUT2D eigenvalue weighted by molar-refractivity contribution is 7.47. The average Bonchev–Trinajstić information content (AvgIpc) is 3.38. The summed E-state index contributed by atoms with van der Waals surface area (Å²) in [7, 11) is -9.88. The predicted molar refractivity (Wildman–Crippen MR) is 312 cm³/mol. The number of phosphoric ester groups is 2. The van der Waals surface area contributed by atoms with E-state index in [1.165, 1.54) is 70.6 Å². The first kappa shape index (κ1) is 77.1. The summed E-state index contributed by atoms with van der Waals surface area (Å²) in [5, 5.41) is 10.5. The topological polar surface area (TPSA) is 237 Å². The number of hydrogen-bond acceptors (Lipinski definition) is 15. The van der Waals surface area contributed by atoms with Crippen LogP contribution >= 0.6 is 15.6 Å². The molecule has 0 amide bonds. The molecule has 0 spiro atoms. The lowest BCUT2D eigenvalue weighted by molar-refractivity contribution is -0.161. The Kier molecular flexibility index (Phi) is 49.3. The molecule has 19 heteroatoms. The molecule has 0 aliphatic rings. The van der Waals surface area contributed by atoms with Gasteiger partial charge in [-0.2, -0.15) is 0 Å². The van der Waals surface area contributed by atoms with Gasteiger partial charge in [0.15, 0.2) is 12.2 Å². The lowest BCUT2D eigenvalue weighted by Gasteiger charge is -2.21. The second-order valence-corrected chi connectivity index (χ2v) is 26.5. The van der Waals surface area contributed by atoms with Crippen LogP contribution in [0, 0.1) is 23.7 Å². The SMILES string of the molecule is CC(C)CCCCCCCCCC(=O)OC[C@H](COP(=O)(O)OCC(O)COP(=O)(O)OC[C@@H](COC(=O)CCCCCCCCC(C)C)OC(=O)CCCCCCCCCC(C)C)OC(=O)CCCCCCCCCC(C)C. The Balaban J connectivity index is 5.25. The van der Waals surface area contributed by atoms with Crippen LogP contribution in [0.25, 0.3) is 0 Å². The molecular weight excluding hydrogens is 1050 g/mol. The molecule has 0 aromatic heterocycles. The van der Waals surface area contributed by atoms with Crippen molar-refractivity contribution in [1.29, 1.82) is 0 Å². The number of esters is 4. The van der Waals surface area contributed by atoms with Gasteiger partial charge in [0.25, 0.3) is 0 Å². The third-order valence-electron chi connectivity index (χ3n) is 13.6. The lowest BCUT2D eigenvalue weighted by atomic mass is 10.0. The van der Waals surface area contributed by atoms with Gasteiger partial charge in [0, 0.05) is 25.7 Å². The Morgan fingerprint density at radius 2 is 0.532 bits per heavy atom. The molecule has 3 N–H and O–H groups in total. The van der Waals surface area contributed by atoms with E-state index < -0.39 is 97.5 Å². The van der Waals surface area contributed by atoms with Crippen molar-refractivity contribution in [1.82, 2.24) is 0 Å². The van der Waals surface area contributed by atoms with Crippen molar-refractivity contribution in [2.24, 2.45) is 23.7 Å². The normalized spacial score (nSPS) is 14.6. The van der Waals surface area contributed by atoms with E-state index in [4.69, 9.17) is 37.0 Å². The second kappa shape index (κ2) is 50.6. The van der Waals surface area contributed by atoms with E-state index in [-0.39, 0.29) is 25.7 Å². The molecule has 5 atom stereocenters. The minimum atomic E-state index is -4.94. The number of phosphoric acid groups is 2. The molecule has 0 aliphatic carbocycles. The fraction of sp³-hybridized carbons (Fsp3) is 0.933. The molecule has 79 heavy (non-hydrogen) atoms. The summed E-state index contributed by atoms with van der Waals surface area (Å²) in [5.74, 6) is 0.626. The molecule has 0 radical (unpaired) electrons. The molecule has 0 bridgehead atoms. The average molecular weight is 1170 g/mol. The monoisotopic (exact) mass is 1170 g/mol. The zero-order valence-electron chi connectivity index (χ0n) is 51.0. The number of carbonyl (C=O) groups excluding carboxylic acids is 4. The fourth-order valence-electron chi connectivity index (χ4n) is 8.72. The van der Waals surface area contributed by atoms with Crippen LogP contribution in [-0.4, -0.2) is 96.7 Å². The quantitative estimate of drug-likeness (QED) is 0.0222. The molecule has 0 aromatic rings. The standard InChI is InChI=1S/C60H116O17P2/c1-50(2)36-28-20-12-9-15-24-32-40-57(62)70-46-55(76-59(64)42-34-26-16-10-13-21-29-37-51(3)4)48-74-78(66,67)72-44-54(61)45-73-79(68,69)75-49-56(47-71-58(63)41-33-25-19-18-23-31-39-53(7)8)77-60(65)43-35-27-17-11-14-22-30-38-52(5)6/h50-56,61H,9-49H2,1-8H3,(H,66,67)(H,68,69)/t54?,55-,56-/m1/s1. The third-order valence-corrected chi connectivity index (χ3v) is 15.5. The first-order valence-electron chi connectivity index (χ1n) is 31.2. The van der Waals surface area contributed by atoms with Crippen LogP contribution in [0.5, 0.6) is 0 Å². The van der Waals surface area contributed by atoms with E-state index in [0.717, 1.165) is 103 Å². The highest BCUT2D eigenvalue weighted by Crippen LogP contribution is 2.45. The Bertz CT molecular complexity index is 1590. The molecule has 0 aliphatic heterocycles. The van der Waals surface area contributed by atoms with Crippen molar-refractivity contribution in [3.05, 3.63) is 0 Å². The van der Waals surface area contributed by atoms with Crippen LogP contribution in [0.1, 0.15) is 280 Å². The highest BCUT2D eigenvalue weighted by Gasteiger charge is 2.30. The largest absolute Gasteiger partial charge is 0.472 e.